The number of hydrogen-bond donors (Lipinski definition) is 1. The number of nitrogens with zero attached hydrogens (tertiary/aromatic N) is 2. The second-order valence-corrected chi connectivity index (χ2v) is 6.53. The third-order valence-corrected chi connectivity index (χ3v) is 4.93. The molecule has 1 unspecified atom stereocenters. The van der Waals surface area contributed by atoms with Crippen LogP contribution in [0.1, 0.15) is 37.8 Å². The molecule has 3 rings (SSSR count). The Kier molecular flexibility index (Phi) is 2.89. The summed E-state index contributed by atoms with van der Waals surface area (Å²) in [7, 11) is 0. The Labute approximate surface area is 121 Å². The zero-order valence-electron chi connectivity index (χ0n) is 12.4. The van der Waals surface area contributed by atoms with Gasteiger partial charge in [-0.25, -0.2) is 0 Å². The lowest BCUT2D eigenvalue weighted by atomic mass is 9.65. The van der Waals surface area contributed by atoms with Gasteiger partial charge in [0, 0.05) is 6.54 Å². The Bertz CT molecular complexity index is 573. The normalized spacial score (nSPS) is 27.3. The van der Waals surface area contributed by atoms with Crippen LogP contribution in [0.2, 0.25) is 0 Å². The maximum absolute atomic E-state index is 6.12. The zero-order chi connectivity index (χ0) is 14.4. The maximum atomic E-state index is 6.12. The van der Waals surface area contributed by atoms with E-state index in [9.17, 15) is 0 Å². The first-order valence-electron chi connectivity index (χ1n) is 7.30. The van der Waals surface area contributed by atoms with Gasteiger partial charge in [0.1, 0.15) is 0 Å². The molecule has 1 spiro atoms. The Hall–Kier alpha value is -1.77. The van der Waals surface area contributed by atoms with E-state index < -0.39 is 0 Å². The van der Waals surface area contributed by atoms with Gasteiger partial charge in [-0.15, -0.1) is 6.58 Å². The Balaban J connectivity index is 2.14. The van der Waals surface area contributed by atoms with Gasteiger partial charge in [-0.1, -0.05) is 44.2 Å². The molecule has 1 aliphatic heterocycles. The van der Waals surface area contributed by atoms with Crippen LogP contribution in [0.3, 0.4) is 0 Å². The molecule has 106 valence electrons. The first-order valence-corrected chi connectivity index (χ1v) is 7.30. The van der Waals surface area contributed by atoms with Crippen molar-refractivity contribution in [3.8, 4) is 0 Å². The summed E-state index contributed by atoms with van der Waals surface area (Å²) < 4.78 is 0. The van der Waals surface area contributed by atoms with Crippen molar-refractivity contribution in [1.82, 2.24) is 4.90 Å². The third kappa shape index (κ3) is 1.69. The minimum absolute atomic E-state index is 0.0651. The molecule has 1 aliphatic carbocycles. The first-order chi connectivity index (χ1) is 9.51. The van der Waals surface area contributed by atoms with Gasteiger partial charge in [0.05, 0.1) is 12.1 Å². The fraction of sp³-hybridized carbons (Fsp3) is 0.471. The highest BCUT2D eigenvalue weighted by Crippen LogP contribution is 2.49. The van der Waals surface area contributed by atoms with Gasteiger partial charge in [-0.3, -0.25) is 4.99 Å². The molecule has 0 fully saturated rings. The molecule has 0 saturated heterocycles. The lowest BCUT2D eigenvalue weighted by molar-refractivity contribution is 0.163. The average molecular weight is 269 g/mol. The minimum atomic E-state index is -0.0651. The molecule has 3 heteroatoms. The number of hydrogen-bond acceptors (Lipinski definition) is 3. The standard InChI is InChI=1S/C17H23N3/c1-4-11-20-15(18)19-12-17(20)10-9-16(2,3)13-7-5-6-8-14(13)17/h4-8H,1,9-12H2,2-3H3,(H2,18,19). The van der Waals surface area contributed by atoms with Crippen LogP contribution in [-0.4, -0.2) is 23.9 Å². The Morgan fingerprint density at radius 1 is 1.30 bits per heavy atom. The van der Waals surface area contributed by atoms with Crippen LogP contribution in [0.25, 0.3) is 0 Å². The number of guanidine groups is 1. The molecule has 0 amide bonds. The average Bonchev–Trinajstić information content (AvgIpc) is 2.75. The predicted octanol–water partition coefficient (Wildman–Crippen LogP) is 2.77. The van der Waals surface area contributed by atoms with E-state index in [4.69, 9.17) is 5.73 Å². The minimum Gasteiger partial charge on any atom is -0.370 e. The van der Waals surface area contributed by atoms with Gasteiger partial charge in [0.2, 0.25) is 0 Å². The van der Waals surface area contributed by atoms with Crippen molar-refractivity contribution < 1.29 is 0 Å². The largest absolute Gasteiger partial charge is 0.370 e. The van der Waals surface area contributed by atoms with Gasteiger partial charge in [-0.2, -0.15) is 0 Å². The maximum Gasteiger partial charge on any atom is 0.192 e. The van der Waals surface area contributed by atoms with E-state index in [1.807, 2.05) is 6.08 Å². The van der Waals surface area contributed by atoms with Crippen LogP contribution >= 0.6 is 0 Å². The van der Waals surface area contributed by atoms with Crippen molar-refractivity contribution in [3.05, 3.63) is 48.0 Å². The fourth-order valence-corrected chi connectivity index (χ4v) is 3.71. The quantitative estimate of drug-likeness (QED) is 0.839. The molecule has 0 aromatic heterocycles. The SMILES string of the molecule is C=CCN1C(N)=NCC12CCC(C)(C)c1ccccc12. The molecule has 2 N–H and O–H groups in total. The summed E-state index contributed by atoms with van der Waals surface area (Å²) in [5.74, 6) is 0.652. The first kappa shape index (κ1) is 13.2. The summed E-state index contributed by atoms with van der Waals surface area (Å²) >= 11 is 0. The van der Waals surface area contributed by atoms with E-state index >= 15 is 0 Å². The van der Waals surface area contributed by atoms with Crippen molar-refractivity contribution in [2.24, 2.45) is 10.7 Å². The van der Waals surface area contributed by atoms with Crippen LogP contribution in [0.4, 0.5) is 0 Å². The molecule has 1 aromatic rings. The van der Waals surface area contributed by atoms with Crippen LogP contribution in [0, 0.1) is 0 Å². The van der Waals surface area contributed by atoms with Crippen LogP contribution < -0.4 is 5.73 Å². The molecule has 2 aliphatic rings. The molecule has 20 heavy (non-hydrogen) atoms. The van der Waals surface area contributed by atoms with Gasteiger partial charge >= 0.3 is 0 Å². The summed E-state index contributed by atoms with van der Waals surface area (Å²) in [4.78, 5) is 6.76. The second kappa shape index (κ2) is 4.37. The van der Waals surface area contributed by atoms with Crippen molar-refractivity contribution in [2.45, 2.75) is 37.6 Å². The highest BCUT2D eigenvalue weighted by Gasteiger charge is 2.49. The highest BCUT2D eigenvalue weighted by atomic mass is 15.4. The molecule has 0 bridgehead atoms. The molecule has 3 nitrogen and oxygen atoms in total. The number of aliphatic imine (C=N–C) groups is 1. The van der Waals surface area contributed by atoms with Crippen LogP contribution in [-0.2, 0) is 11.0 Å². The zero-order valence-corrected chi connectivity index (χ0v) is 12.4. The Morgan fingerprint density at radius 2 is 2.00 bits per heavy atom. The summed E-state index contributed by atoms with van der Waals surface area (Å²) in [6.45, 7) is 10.0. The van der Waals surface area contributed by atoms with Gasteiger partial charge < -0.3 is 10.6 Å². The molecular formula is C17H23N3. The fourth-order valence-electron chi connectivity index (χ4n) is 3.71. The molecule has 1 heterocycles. The topological polar surface area (TPSA) is 41.6 Å². The second-order valence-electron chi connectivity index (χ2n) is 6.53. The number of benzene rings is 1. The van der Waals surface area contributed by atoms with Crippen LogP contribution in [0.5, 0.6) is 0 Å². The molecule has 0 radical (unpaired) electrons. The van der Waals surface area contributed by atoms with E-state index in [0.29, 0.717) is 5.96 Å². The summed E-state index contributed by atoms with van der Waals surface area (Å²) in [6, 6.07) is 8.77. The van der Waals surface area contributed by atoms with Crippen molar-refractivity contribution in [2.75, 3.05) is 13.1 Å². The van der Waals surface area contributed by atoms with Crippen molar-refractivity contribution in [1.29, 1.82) is 0 Å². The lowest BCUT2D eigenvalue weighted by Gasteiger charge is -2.48. The van der Waals surface area contributed by atoms with E-state index in [1.54, 1.807) is 0 Å². The number of fused-ring (bicyclic) bond motifs is 2. The van der Waals surface area contributed by atoms with E-state index in [0.717, 1.165) is 25.9 Å². The number of rotatable bonds is 2. The molecular weight excluding hydrogens is 246 g/mol. The Morgan fingerprint density at radius 3 is 2.70 bits per heavy atom. The molecule has 1 atom stereocenters. The summed E-state index contributed by atoms with van der Waals surface area (Å²) in [5, 5.41) is 0. The van der Waals surface area contributed by atoms with Gasteiger partial charge in [0.15, 0.2) is 5.96 Å². The van der Waals surface area contributed by atoms with Gasteiger partial charge in [0.25, 0.3) is 0 Å². The van der Waals surface area contributed by atoms with Crippen LogP contribution in [0.15, 0.2) is 41.9 Å². The van der Waals surface area contributed by atoms with E-state index in [1.165, 1.54) is 11.1 Å². The number of nitrogens with two attached hydrogens (primary N) is 1. The molecule has 1 aromatic carbocycles. The van der Waals surface area contributed by atoms with Crippen molar-refractivity contribution >= 4 is 5.96 Å². The van der Waals surface area contributed by atoms with Gasteiger partial charge in [-0.05, 0) is 29.4 Å². The van der Waals surface area contributed by atoms with E-state index in [2.05, 4.69) is 54.6 Å². The lowest BCUT2D eigenvalue weighted by Crippen LogP contribution is -2.52. The summed E-state index contributed by atoms with van der Waals surface area (Å²) in [5.41, 5.74) is 9.11. The third-order valence-electron chi connectivity index (χ3n) is 4.93. The summed E-state index contributed by atoms with van der Waals surface area (Å²) in [6.07, 6.45) is 4.16. The monoisotopic (exact) mass is 269 g/mol. The molecule has 0 saturated carbocycles. The smallest absolute Gasteiger partial charge is 0.192 e. The van der Waals surface area contributed by atoms with Crippen molar-refractivity contribution in [3.63, 3.8) is 0 Å². The predicted molar refractivity (Wildman–Crippen MR) is 83.8 cm³/mol. The van der Waals surface area contributed by atoms with E-state index in [-0.39, 0.29) is 11.0 Å². The highest BCUT2D eigenvalue weighted by molar-refractivity contribution is 5.82.